The number of fused-ring (bicyclic) bond motifs is 1. The number of hydrogen-bond donors (Lipinski definition) is 2. The van der Waals surface area contributed by atoms with Crippen molar-refractivity contribution in [1.29, 1.82) is 0 Å². The number of phenols is 1. The summed E-state index contributed by atoms with van der Waals surface area (Å²) in [5, 5.41) is 28.4. The molecule has 0 unspecified atom stereocenters. The third-order valence-corrected chi connectivity index (χ3v) is 4.25. The predicted octanol–water partition coefficient (Wildman–Crippen LogP) is 3.80. The van der Waals surface area contributed by atoms with E-state index in [-0.39, 0.29) is 11.3 Å². The van der Waals surface area contributed by atoms with Crippen molar-refractivity contribution in [3.63, 3.8) is 0 Å². The third kappa shape index (κ3) is 2.67. The predicted molar refractivity (Wildman–Crippen MR) is 97.7 cm³/mol. The van der Waals surface area contributed by atoms with E-state index in [0.29, 0.717) is 11.3 Å². The van der Waals surface area contributed by atoms with Crippen LogP contribution in [0.3, 0.4) is 0 Å². The van der Waals surface area contributed by atoms with Gasteiger partial charge in [0.15, 0.2) is 0 Å². The highest BCUT2D eigenvalue weighted by Gasteiger charge is 2.14. The summed E-state index contributed by atoms with van der Waals surface area (Å²) < 4.78 is 0. The lowest BCUT2D eigenvalue weighted by atomic mass is 10.0. The van der Waals surface area contributed by atoms with E-state index in [9.17, 15) is 9.90 Å². The van der Waals surface area contributed by atoms with Crippen molar-refractivity contribution in [3.05, 3.63) is 71.8 Å². The Morgan fingerprint density at radius 3 is 2.12 bits per heavy atom. The van der Waals surface area contributed by atoms with E-state index in [4.69, 9.17) is 5.11 Å². The fourth-order valence-electron chi connectivity index (χ4n) is 2.85. The van der Waals surface area contributed by atoms with Crippen LogP contribution in [0, 0.1) is 6.92 Å². The van der Waals surface area contributed by atoms with Gasteiger partial charge in [-0.15, -0.1) is 15.0 Å². The van der Waals surface area contributed by atoms with Crippen LogP contribution in [-0.4, -0.2) is 31.2 Å². The second-order valence-corrected chi connectivity index (χ2v) is 6.02. The van der Waals surface area contributed by atoms with Crippen molar-refractivity contribution >= 4 is 17.0 Å². The second kappa shape index (κ2) is 6.00. The first-order valence-electron chi connectivity index (χ1n) is 8.03. The number of nitrogens with zero attached hydrogens (tertiary/aromatic N) is 3. The average molecular weight is 345 g/mol. The molecule has 0 bridgehead atoms. The largest absolute Gasteiger partial charge is 0.505 e. The summed E-state index contributed by atoms with van der Waals surface area (Å²) in [7, 11) is 0. The second-order valence-electron chi connectivity index (χ2n) is 6.02. The van der Waals surface area contributed by atoms with Crippen LogP contribution in [-0.2, 0) is 0 Å². The average Bonchev–Trinajstić information content (AvgIpc) is 3.08. The Bertz CT molecular complexity index is 1100. The summed E-state index contributed by atoms with van der Waals surface area (Å²) in [4.78, 5) is 12.4. The lowest BCUT2D eigenvalue weighted by Crippen LogP contribution is -2.01. The van der Waals surface area contributed by atoms with Crippen LogP contribution in [0.2, 0.25) is 0 Å². The summed E-state index contributed by atoms with van der Waals surface area (Å²) in [6.07, 6.45) is 0. The van der Waals surface area contributed by atoms with Crippen molar-refractivity contribution in [2.45, 2.75) is 6.92 Å². The maximum Gasteiger partial charge on any atom is 0.335 e. The SMILES string of the molecule is Cc1cc(-c2ccc(C(=O)O)cc2)cc(-n2nc3ccccc3n2)c1O. The van der Waals surface area contributed by atoms with Gasteiger partial charge < -0.3 is 10.2 Å². The number of aromatic hydroxyl groups is 1. The van der Waals surface area contributed by atoms with Gasteiger partial charge in [-0.2, -0.15) is 0 Å². The monoisotopic (exact) mass is 345 g/mol. The molecule has 0 radical (unpaired) electrons. The molecule has 0 spiro atoms. The highest BCUT2D eigenvalue weighted by Crippen LogP contribution is 2.32. The van der Waals surface area contributed by atoms with Crippen molar-refractivity contribution < 1.29 is 15.0 Å². The topological polar surface area (TPSA) is 88.2 Å². The standard InChI is InChI=1S/C20H15N3O3/c1-12-10-15(13-6-8-14(9-7-13)20(25)26)11-18(19(12)24)23-21-16-4-2-3-5-17(16)22-23/h2-11,24H,1H3,(H,25,26). The van der Waals surface area contributed by atoms with E-state index >= 15 is 0 Å². The molecule has 0 saturated heterocycles. The molecule has 1 heterocycles. The van der Waals surface area contributed by atoms with E-state index in [2.05, 4.69) is 10.2 Å². The first-order chi connectivity index (χ1) is 12.5. The first kappa shape index (κ1) is 15.8. The zero-order valence-electron chi connectivity index (χ0n) is 13.9. The van der Waals surface area contributed by atoms with Crippen LogP contribution in [0.15, 0.2) is 60.7 Å². The molecule has 0 aliphatic heterocycles. The third-order valence-electron chi connectivity index (χ3n) is 4.25. The molecule has 128 valence electrons. The molecule has 4 aromatic rings. The molecule has 0 aliphatic carbocycles. The minimum absolute atomic E-state index is 0.108. The Kier molecular flexibility index (Phi) is 3.65. The lowest BCUT2D eigenvalue weighted by Gasteiger charge is -2.10. The number of aromatic carboxylic acids is 1. The van der Waals surface area contributed by atoms with Gasteiger partial charge in [0.2, 0.25) is 0 Å². The number of rotatable bonds is 3. The molecule has 0 amide bonds. The smallest absolute Gasteiger partial charge is 0.335 e. The maximum atomic E-state index is 11.0. The molecule has 26 heavy (non-hydrogen) atoms. The zero-order valence-corrected chi connectivity index (χ0v) is 13.9. The number of aromatic nitrogens is 3. The van der Waals surface area contributed by atoms with Crippen LogP contribution in [0.5, 0.6) is 5.75 Å². The van der Waals surface area contributed by atoms with E-state index in [1.54, 1.807) is 37.3 Å². The van der Waals surface area contributed by atoms with Crippen molar-refractivity contribution in [2.24, 2.45) is 0 Å². The minimum Gasteiger partial charge on any atom is -0.505 e. The molecular weight excluding hydrogens is 330 g/mol. The number of phenolic OH excluding ortho intramolecular Hbond substituents is 1. The van der Waals surface area contributed by atoms with Crippen LogP contribution in [0.1, 0.15) is 15.9 Å². The fraction of sp³-hybridized carbons (Fsp3) is 0.0500. The minimum atomic E-state index is -0.966. The Balaban J connectivity index is 1.84. The number of carboxylic acids is 1. The van der Waals surface area contributed by atoms with Crippen LogP contribution in [0.4, 0.5) is 0 Å². The molecule has 0 aliphatic rings. The van der Waals surface area contributed by atoms with E-state index in [1.165, 1.54) is 4.80 Å². The Morgan fingerprint density at radius 2 is 1.54 bits per heavy atom. The van der Waals surface area contributed by atoms with Crippen LogP contribution >= 0.6 is 0 Å². The summed E-state index contributed by atoms with van der Waals surface area (Å²) >= 11 is 0. The van der Waals surface area contributed by atoms with Gasteiger partial charge in [-0.1, -0.05) is 24.3 Å². The van der Waals surface area contributed by atoms with Gasteiger partial charge in [-0.05, 0) is 60.0 Å². The Hall–Kier alpha value is -3.67. The van der Waals surface area contributed by atoms with Gasteiger partial charge in [-0.25, -0.2) is 4.79 Å². The Morgan fingerprint density at radius 1 is 0.923 bits per heavy atom. The number of carboxylic acid groups (broad SMARTS) is 1. The Labute approximate surface area is 149 Å². The van der Waals surface area contributed by atoms with Crippen LogP contribution in [0.25, 0.3) is 27.8 Å². The van der Waals surface area contributed by atoms with Crippen molar-refractivity contribution in [1.82, 2.24) is 15.0 Å². The normalized spacial score (nSPS) is 11.0. The molecule has 2 N–H and O–H groups in total. The lowest BCUT2D eigenvalue weighted by molar-refractivity contribution is 0.0697. The number of hydrogen-bond acceptors (Lipinski definition) is 4. The molecule has 3 aromatic carbocycles. The summed E-state index contributed by atoms with van der Waals surface area (Å²) in [5.74, 6) is -0.859. The summed E-state index contributed by atoms with van der Waals surface area (Å²) in [6, 6.07) is 17.7. The van der Waals surface area contributed by atoms with E-state index in [0.717, 1.165) is 22.2 Å². The highest BCUT2D eigenvalue weighted by molar-refractivity contribution is 5.88. The van der Waals surface area contributed by atoms with Gasteiger partial charge >= 0.3 is 5.97 Å². The van der Waals surface area contributed by atoms with Gasteiger partial charge in [0.05, 0.1) is 5.56 Å². The fourth-order valence-corrected chi connectivity index (χ4v) is 2.85. The van der Waals surface area contributed by atoms with Crippen molar-refractivity contribution in [2.75, 3.05) is 0 Å². The van der Waals surface area contributed by atoms with Gasteiger partial charge in [0, 0.05) is 0 Å². The molecule has 6 heteroatoms. The molecular formula is C20H15N3O3. The van der Waals surface area contributed by atoms with Crippen LogP contribution < -0.4 is 0 Å². The molecule has 6 nitrogen and oxygen atoms in total. The molecule has 4 rings (SSSR count). The molecule has 1 aromatic heterocycles. The zero-order chi connectivity index (χ0) is 18.3. The molecule has 0 saturated carbocycles. The quantitative estimate of drug-likeness (QED) is 0.590. The number of benzene rings is 3. The van der Waals surface area contributed by atoms with Crippen molar-refractivity contribution in [3.8, 4) is 22.6 Å². The van der Waals surface area contributed by atoms with E-state index in [1.807, 2.05) is 30.3 Å². The molecule has 0 fully saturated rings. The number of aryl methyl sites for hydroxylation is 1. The van der Waals surface area contributed by atoms with E-state index < -0.39 is 5.97 Å². The van der Waals surface area contributed by atoms with Gasteiger partial charge in [0.25, 0.3) is 0 Å². The molecule has 0 atom stereocenters. The summed E-state index contributed by atoms with van der Waals surface area (Å²) in [6.45, 7) is 1.80. The summed E-state index contributed by atoms with van der Waals surface area (Å²) in [5.41, 5.74) is 4.54. The van der Waals surface area contributed by atoms with Gasteiger partial charge in [-0.3, -0.25) is 0 Å². The van der Waals surface area contributed by atoms with Gasteiger partial charge in [0.1, 0.15) is 22.5 Å². The highest BCUT2D eigenvalue weighted by atomic mass is 16.4. The first-order valence-corrected chi connectivity index (χ1v) is 8.03. The maximum absolute atomic E-state index is 11.0. The number of carbonyl (C=O) groups is 1.